The van der Waals surface area contributed by atoms with Crippen molar-refractivity contribution in [3.8, 4) is 0 Å². The van der Waals surface area contributed by atoms with Gasteiger partial charge in [0.05, 0.1) is 13.3 Å². The van der Waals surface area contributed by atoms with Crippen LogP contribution in [0.25, 0.3) is 0 Å². The van der Waals surface area contributed by atoms with Gasteiger partial charge >= 0.3 is 0 Å². The van der Waals surface area contributed by atoms with Crippen molar-refractivity contribution in [2.75, 3.05) is 18.2 Å². The summed E-state index contributed by atoms with van der Waals surface area (Å²) in [6.07, 6.45) is 6.80. The second-order valence-electron chi connectivity index (χ2n) is 6.31. The molecule has 1 saturated heterocycles. The van der Waals surface area contributed by atoms with Gasteiger partial charge in [-0.05, 0) is 56.1 Å². The zero-order valence-electron chi connectivity index (χ0n) is 13.1. The zero-order valence-corrected chi connectivity index (χ0v) is 13.9. The molecule has 0 atom stereocenters. The summed E-state index contributed by atoms with van der Waals surface area (Å²) in [4.78, 5) is 4.81. The molecule has 21 heavy (non-hydrogen) atoms. The fourth-order valence-electron chi connectivity index (χ4n) is 3.46. The van der Waals surface area contributed by atoms with E-state index in [1.165, 1.54) is 48.9 Å². The maximum atomic E-state index is 5.55. The molecule has 4 heteroatoms. The van der Waals surface area contributed by atoms with E-state index in [-0.39, 0.29) is 0 Å². The molecule has 1 saturated carbocycles. The second-order valence-corrected chi connectivity index (χ2v) is 6.70. The van der Waals surface area contributed by atoms with Gasteiger partial charge in [0.15, 0.2) is 5.11 Å². The van der Waals surface area contributed by atoms with Gasteiger partial charge in [-0.2, -0.15) is 0 Å². The normalized spacial score (nSPS) is 21.4. The number of anilines is 1. The molecule has 0 spiro atoms. The van der Waals surface area contributed by atoms with Crippen molar-refractivity contribution in [1.29, 1.82) is 0 Å². The monoisotopic (exact) mass is 303 g/mol. The van der Waals surface area contributed by atoms with E-state index in [0.29, 0.717) is 6.04 Å². The molecular formula is C17H25N3S. The Balaban J connectivity index is 1.80. The van der Waals surface area contributed by atoms with Crippen LogP contribution in [0.4, 0.5) is 5.69 Å². The van der Waals surface area contributed by atoms with Crippen molar-refractivity contribution >= 4 is 23.0 Å². The Morgan fingerprint density at radius 2 is 1.90 bits per heavy atom. The fourth-order valence-corrected chi connectivity index (χ4v) is 3.69. The molecule has 0 bridgehead atoms. The average Bonchev–Trinajstić information content (AvgIpc) is 2.52. The van der Waals surface area contributed by atoms with Crippen molar-refractivity contribution in [2.45, 2.75) is 52.0 Å². The lowest BCUT2D eigenvalue weighted by Gasteiger charge is -2.43. The molecule has 1 aromatic carbocycles. The van der Waals surface area contributed by atoms with E-state index in [2.05, 4.69) is 47.2 Å². The van der Waals surface area contributed by atoms with E-state index in [9.17, 15) is 0 Å². The highest BCUT2D eigenvalue weighted by Gasteiger charge is 2.28. The number of hydrogen-bond acceptors (Lipinski definition) is 2. The Morgan fingerprint density at radius 3 is 2.67 bits per heavy atom. The summed E-state index contributed by atoms with van der Waals surface area (Å²) in [6.45, 7) is 6.16. The average molecular weight is 303 g/mol. The van der Waals surface area contributed by atoms with Gasteiger partial charge in [0, 0.05) is 11.7 Å². The van der Waals surface area contributed by atoms with Gasteiger partial charge in [-0.15, -0.1) is 0 Å². The van der Waals surface area contributed by atoms with E-state index >= 15 is 0 Å². The summed E-state index contributed by atoms with van der Waals surface area (Å²) in [5.74, 6) is 0. The van der Waals surface area contributed by atoms with Crippen LogP contribution < -0.4 is 10.2 Å². The lowest BCUT2D eigenvalue weighted by molar-refractivity contribution is 0.148. The predicted molar refractivity (Wildman–Crippen MR) is 92.6 cm³/mol. The van der Waals surface area contributed by atoms with E-state index < -0.39 is 0 Å². The summed E-state index contributed by atoms with van der Waals surface area (Å²) in [5, 5.41) is 4.27. The number of nitrogens with zero attached hydrogens (tertiary/aromatic N) is 2. The van der Waals surface area contributed by atoms with Gasteiger partial charge in [0.25, 0.3) is 0 Å². The summed E-state index contributed by atoms with van der Waals surface area (Å²) >= 11 is 5.55. The molecule has 1 aliphatic heterocycles. The minimum atomic E-state index is 0.710. The van der Waals surface area contributed by atoms with Crippen molar-refractivity contribution in [2.24, 2.45) is 0 Å². The molecule has 2 fully saturated rings. The molecule has 0 radical (unpaired) electrons. The molecule has 0 aromatic heterocycles. The summed E-state index contributed by atoms with van der Waals surface area (Å²) < 4.78 is 0. The van der Waals surface area contributed by atoms with Crippen LogP contribution in [-0.2, 0) is 0 Å². The molecule has 1 aromatic rings. The van der Waals surface area contributed by atoms with E-state index in [1.807, 2.05) is 0 Å². The molecule has 1 N–H and O–H groups in total. The second kappa shape index (κ2) is 6.32. The molecule has 1 heterocycles. The highest BCUT2D eigenvalue weighted by Crippen LogP contribution is 2.27. The highest BCUT2D eigenvalue weighted by molar-refractivity contribution is 7.80. The van der Waals surface area contributed by atoms with Crippen LogP contribution in [0.2, 0.25) is 0 Å². The van der Waals surface area contributed by atoms with E-state index in [4.69, 9.17) is 12.2 Å². The van der Waals surface area contributed by atoms with Crippen LogP contribution in [0.1, 0.15) is 43.2 Å². The zero-order chi connectivity index (χ0) is 14.8. The number of thiocarbonyl (C=S) groups is 1. The minimum absolute atomic E-state index is 0.710. The smallest absolute Gasteiger partial charge is 0.175 e. The molecule has 0 amide bonds. The summed E-state index contributed by atoms with van der Waals surface area (Å²) in [5.41, 5.74) is 3.89. The number of nitrogens with one attached hydrogen (secondary N) is 1. The number of rotatable bonds is 2. The van der Waals surface area contributed by atoms with Gasteiger partial charge in [-0.3, -0.25) is 4.90 Å². The first-order valence-electron chi connectivity index (χ1n) is 8.02. The van der Waals surface area contributed by atoms with Crippen molar-refractivity contribution in [1.82, 2.24) is 10.2 Å². The molecule has 3 nitrogen and oxygen atoms in total. The van der Waals surface area contributed by atoms with Crippen molar-refractivity contribution < 1.29 is 0 Å². The Kier molecular flexibility index (Phi) is 4.45. The van der Waals surface area contributed by atoms with Crippen LogP contribution in [-0.4, -0.2) is 29.4 Å². The van der Waals surface area contributed by atoms with E-state index in [1.54, 1.807) is 0 Å². The highest BCUT2D eigenvalue weighted by atomic mass is 32.1. The largest absolute Gasteiger partial charge is 0.349 e. The first-order valence-corrected chi connectivity index (χ1v) is 8.43. The van der Waals surface area contributed by atoms with Gasteiger partial charge in [-0.25, -0.2) is 0 Å². The standard InChI is InChI=1S/C17H25N3S/c1-13-7-6-10-16(14(13)2)20-12-19(11-18-17(20)21)15-8-4-3-5-9-15/h6-7,10,15H,3-5,8-9,11-12H2,1-2H3,(H,18,21). The maximum absolute atomic E-state index is 5.55. The number of hydrogen-bond donors (Lipinski definition) is 1. The van der Waals surface area contributed by atoms with Gasteiger partial charge in [0.1, 0.15) is 0 Å². The Bertz CT molecular complexity index is 523. The Labute approximate surface area is 133 Å². The SMILES string of the molecule is Cc1cccc(N2CN(C3CCCCC3)CNC2=S)c1C. The van der Waals surface area contributed by atoms with Gasteiger partial charge in [0.2, 0.25) is 0 Å². The Morgan fingerprint density at radius 1 is 1.14 bits per heavy atom. The number of benzene rings is 1. The Hall–Kier alpha value is -1.13. The van der Waals surface area contributed by atoms with E-state index in [0.717, 1.165) is 18.4 Å². The number of aryl methyl sites for hydroxylation is 1. The van der Waals surface area contributed by atoms with Crippen LogP contribution >= 0.6 is 12.2 Å². The van der Waals surface area contributed by atoms with Crippen LogP contribution in [0, 0.1) is 13.8 Å². The lowest BCUT2D eigenvalue weighted by atomic mass is 9.94. The predicted octanol–water partition coefficient (Wildman–Crippen LogP) is 3.55. The molecule has 114 valence electrons. The van der Waals surface area contributed by atoms with Crippen LogP contribution in [0.15, 0.2) is 18.2 Å². The third-order valence-corrected chi connectivity index (χ3v) is 5.32. The van der Waals surface area contributed by atoms with Crippen molar-refractivity contribution in [3.05, 3.63) is 29.3 Å². The fraction of sp³-hybridized carbons (Fsp3) is 0.588. The quantitative estimate of drug-likeness (QED) is 0.842. The van der Waals surface area contributed by atoms with Gasteiger partial charge in [-0.1, -0.05) is 31.4 Å². The molecule has 2 aliphatic rings. The van der Waals surface area contributed by atoms with Crippen molar-refractivity contribution in [3.63, 3.8) is 0 Å². The molecule has 0 unspecified atom stereocenters. The molecule has 1 aliphatic carbocycles. The third kappa shape index (κ3) is 3.06. The van der Waals surface area contributed by atoms with Crippen LogP contribution in [0.5, 0.6) is 0 Å². The summed E-state index contributed by atoms with van der Waals surface area (Å²) in [7, 11) is 0. The van der Waals surface area contributed by atoms with Gasteiger partial charge < -0.3 is 10.2 Å². The molecular weight excluding hydrogens is 278 g/mol. The lowest BCUT2D eigenvalue weighted by Crippen LogP contribution is -2.59. The topological polar surface area (TPSA) is 18.5 Å². The third-order valence-electron chi connectivity index (χ3n) is 4.96. The molecule has 3 rings (SSSR count). The summed E-state index contributed by atoms with van der Waals surface area (Å²) in [6, 6.07) is 7.18. The first kappa shape index (κ1) is 14.8. The first-order chi connectivity index (χ1) is 10.2. The maximum Gasteiger partial charge on any atom is 0.175 e. The minimum Gasteiger partial charge on any atom is -0.349 e. The van der Waals surface area contributed by atoms with Crippen LogP contribution in [0.3, 0.4) is 0 Å².